The average molecular weight is 443 g/mol. The lowest BCUT2D eigenvalue weighted by atomic mass is 10.2. The molecule has 6 nitrogen and oxygen atoms in total. The number of hydrogen-bond donors (Lipinski definition) is 2. The Hall–Kier alpha value is -3.05. The van der Waals surface area contributed by atoms with E-state index in [1.165, 1.54) is 24.0 Å². The van der Waals surface area contributed by atoms with Crippen molar-refractivity contribution in [2.24, 2.45) is 0 Å². The molecule has 0 aliphatic heterocycles. The van der Waals surface area contributed by atoms with Crippen LogP contribution in [0, 0.1) is 11.3 Å². The summed E-state index contributed by atoms with van der Waals surface area (Å²) in [5.74, 6) is -0.596. The van der Waals surface area contributed by atoms with Gasteiger partial charge in [-0.3, -0.25) is 10.1 Å². The van der Waals surface area contributed by atoms with Gasteiger partial charge in [0.25, 0.3) is 5.91 Å². The molecule has 1 aromatic heterocycles. The van der Waals surface area contributed by atoms with E-state index in [4.69, 9.17) is 28.5 Å². The number of carbonyl (C=O) groups excluding carboxylic acids is 2. The molecule has 144 valence electrons. The molecule has 2 aromatic carbocycles. The molecule has 2 N–H and O–H groups in total. The summed E-state index contributed by atoms with van der Waals surface area (Å²) in [6.45, 7) is 0. The van der Waals surface area contributed by atoms with Crippen LogP contribution in [0.1, 0.15) is 15.9 Å². The fourth-order valence-corrected chi connectivity index (χ4v) is 3.52. The predicted octanol–water partition coefficient (Wildman–Crippen LogP) is 5.37. The second-order valence-corrected chi connectivity index (χ2v) is 7.51. The van der Waals surface area contributed by atoms with E-state index in [-0.39, 0.29) is 10.6 Å². The number of hydrogen-bond acceptors (Lipinski definition) is 5. The Morgan fingerprint density at radius 2 is 1.76 bits per heavy atom. The number of nitrogens with one attached hydrogen (secondary N) is 2. The molecule has 0 bridgehead atoms. The lowest BCUT2D eigenvalue weighted by Crippen LogP contribution is -2.34. The Labute approximate surface area is 180 Å². The van der Waals surface area contributed by atoms with Crippen LogP contribution in [0.3, 0.4) is 0 Å². The third kappa shape index (κ3) is 5.48. The predicted molar refractivity (Wildman–Crippen MR) is 112 cm³/mol. The molecule has 0 radical (unpaired) electrons. The fraction of sp³-hybridized carbons (Fsp3) is 0. The first-order valence-corrected chi connectivity index (χ1v) is 9.74. The van der Waals surface area contributed by atoms with Crippen LogP contribution in [0.25, 0.3) is 0 Å². The maximum atomic E-state index is 12.1. The smallest absolute Gasteiger partial charge is 0.308 e. The van der Waals surface area contributed by atoms with Crippen molar-refractivity contribution in [1.82, 2.24) is 10.3 Å². The number of halogens is 2. The van der Waals surface area contributed by atoms with Crippen molar-refractivity contribution in [2.45, 2.75) is 9.92 Å². The van der Waals surface area contributed by atoms with Crippen LogP contribution in [-0.4, -0.2) is 16.9 Å². The highest BCUT2D eigenvalue weighted by Crippen LogP contribution is 2.32. The zero-order valence-electron chi connectivity index (χ0n) is 14.6. The molecule has 0 atom stereocenters. The van der Waals surface area contributed by atoms with Gasteiger partial charge in [0.2, 0.25) is 0 Å². The van der Waals surface area contributed by atoms with Gasteiger partial charge in [-0.2, -0.15) is 5.26 Å². The van der Waals surface area contributed by atoms with Gasteiger partial charge in [-0.05, 0) is 42.5 Å². The van der Waals surface area contributed by atoms with Crippen molar-refractivity contribution < 1.29 is 9.59 Å². The van der Waals surface area contributed by atoms with Gasteiger partial charge in [-0.15, -0.1) is 0 Å². The number of amides is 3. The Morgan fingerprint density at radius 3 is 2.41 bits per heavy atom. The highest BCUT2D eigenvalue weighted by atomic mass is 35.5. The van der Waals surface area contributed by atoms with Crippen molar-refractivity contribution in [2.75, 3.05) is 5.32 Å². The molecule has 0 aliphatic rings. The van der Waals surface area contributed by atoms with Crippen molar-refractivity contribution in [3.63, 3.8) is 0 Å². The van der Waals surface area contributed by atoms with E-state index in [9.17, 15) is 9.59 Å². The number of urea groups is 1. The van der Waals surface area contributed by atoms with Gasteiger partial charge in [0.15, 0.2) is 0 Å². The summed E-state index contributed by atoms with van der Waals surface area (Å²) >= 11 is 13.4. The zero-order valence-corrected chi connectivity index (χ0v) is 17.0. The maximum absolute atomic E-state index is 12.1. The molecular formula is C20H12Cl2N4O2S. The molecule has 0 spiro atoms. The molecule has 3 rings (SSSR count). The van der Waals surface area contributed by atoms with Crippen LogP contribution in [-0.2, 0) is 0 Å². The highest BCUT2D eigenvalue weighted by molar-refractivity contribution is 7.99. The first kappa shape index (κ1) is 20.7. The Morgan fingerprint density at radius 1 is 1.03 bits per heavy atom. The summed E-state index contributed by atoms with van der Waals surface area (Å²) in [6, 6.07) is 16.2. The number of pyridine rings is 1. The Balaban J connectivity index is 1.60. The van der Waals surface area contributed by atoms with Gasteiger partial charge in [-0.25, -0.2) is 9.78 Å². The van der Waals surface area contributed by atoms with Crippen molar-refractivity contribution in [3.8, 4) is 6.07 Å². The van der Waals surface area contributed by atoms with Gasteiger partial charge < -0.3 is 5.32 Å². The van der Waals surface area contributed by atoms with E-state index in [0.29, 0.717) is 21.3 Å². The van der Waals surface area contributed by atoms with Crippen LogP contribution in [0.5, 0.6) is 0 Å². The quantitative estimate of drug-likeness (QED) is 0.565. The number of benzene rings is 2. The monoisotopic (exact) mass is 442 g/mol. The summed E-state index contributed by atoms with van der Waals surface area (Å²) < 4.78 is 0. The number of rotatable bonds is 4. The minimum Gasteiger partial charge on any atom is -0.308 e. The fourth-order valence-electron chi connectivity index (χ4n) is 2.26. The molecule has 0 saturated carbocycles. The third-order valence-corrected chi connectivity index (χ3v) is 5.37. The number of imide groups is 1. The number of anilines is 1. The molecule has 3 amide bonds. The topological polar surface area (TPSA) is 94.9 Å². The summed E-state index contributed by atoms with van der Waals surface area (Å²) in [4.78, 5) is 29.1. The van der Waals surface area contributed by atoms with E-state index in [1.54, 1.807) is 48.5 Å². The van der Waals surface area contributed by atoms with Crippen molar-refractivity contribution in [3.05, 3.63) is 82.0 Å². The number of nitrogens with zero attached hydrogens (tertiary/aromatic N) is 2. The first-order chi connectivity index (χ1) is 14.0. The highest BCUT2D eigenvalue weighted by Gasteiger charge is 2.13. The van der Waals surface area contributed by atoms with Crippen molar-refractivity contribution >= 4 is 52.6 Å². The van der Waals surface area contributed by atoms with Crippen LogP contribution >= 0.6 is 35.0 Å². The first-order valence-electron chi connectivity index (χ1n) is 8.16. The largest absolute Gasteiger partial charge is 0.326 e. The lowest BCUT2D eigenvalue weighted by molar-refractivity contribution is 0.0967. The summed E-state index contributed by atoms with van der Waals surface area (Å²) in [7, 11) is 0. The number of aromatic nitrogens is 1. The van der Waals surface area contributed by atoms with E-state index in [1.807, 2.05) is 6.07 Å². The summed E-state index contributed by atoms with van der Waals surface area (Å²) in [5, 5.41) is 14.9. The maximum Gasteiger partial charge on any atom is 0.326 e. The van der Waals surface area contributed by atoms with Crippen LogP contribution in [0.15, 0.2) is 70.7 Å². The summed E-state index contributed by atoms with van der Waals surface area (Å²) in [6.07, 6.45) is 1.45. The standard InChI is InChI=1S/C20H12Cl2N4O2S/c21-16-4-2-1-3-15(16)18(27)26-20(28)25-13-5-7-14(8-6-13)29-19-17(22)9-12(10-23)11-24-19/h1-9,11H,(H2,25,26,27,28). The van der Waals surface area contributed by atoms with E-state index >= 15 is 0 Å². The van der Waals surface area contributed by atoms with E-state index in [2.05, 4.69) is 15.6 Å². The van der Waals surface area contributed by atoms with E-state index in [0.717, 1.165) is 4.90 Å². The zero-order chi connectivity index (χ0) is 20.8. The normalized spacial score (nSPS) is 10.1. The number of carbonyl (C=O) groups is 2. The molecule has 0 unspecified atom stereocenters. The molecule has 0 saturated heterocycles. The van der Waals surface area contributed by atoms with Crippen LogP contribution in [0.4, 0.5) is 10.5 Å². The van der Waals surface area contributed by atoms with Gasteiger partial charge in [-0.1, -0.05) is 47.1 Å². The number of nitriles is 1. The minimum atomic E-state index is -0.674. The molecule has 0 fully saturated rings. The average Bonchev–Trinajstić information content (AvgIpc) is 2.71. The van der Waals surface area contributed by atoms with E-state index < -0.39 is 11.9 Å². The van der Waals surface area contributed by atoms with Crippen LogP contribution < -0.4 is 10.6 Å². The molecule has 0 aliphatic carbocycles. The Kier molecular flexibility index (Phi) is 6.73. The SMILES string of the molecule is N#Cc1cnc(Sc2ccc(NC(=O)NC(=O)c3ccccc3Cl)cc2)c(Cl)c1. The van der Waals surface area contributed by atoms with Gasteiger partial charge in [0.1, 0.15) is 11.1 Å². The summed E-state index contributed by atoms with van der Waals surface area (Å²) in [5.41, 5.74) is 1.09. The third-order valence-electron chi connectivity index (χ3n) is 3.61. The molecule has 9 heteroatoms. The van der Waals surface area contributed by atoms with Gasteiger partial charge >= 0.3 is 6.03 Å². The lowest BCUT2D eigenvalue weighted by Gasteiger charge is -2.08. The molecule has 1 heterocycles. The van der Waals surface area contributed by atoms with Crippen molar-refractivity contribution in [1.29, 1.82) is 5.26 Å². The van der Waals surface area contributed by atoms with Gasteiger partial charge in [0, 0.05) is 16.8 Å². The second kappa shape index (κ2) is 9.43. The Bertz CT molecular complexity index is 1110. The van der Waals surface area contributed by atoms with Gasteiger partial charge in [0.05, 0.1) is 21.2 Å². The minimum absolute atomic E-state index is 0.211. The molecule has 29 heavy (non-hydrogen) atoms. The van der Waals surface area contributed by atoms with Crippen LogP contribution in [0.2, 0.25) is 10.0 Å². The second-order valence-electron chi connectivity index (χ2n) is 5.64. The molecular weight excluding hydrogens is 431 g/mol. The molecule has 3 aromatic rings.